The second-order valence-corrected chi connectivity index (χ2v) is 12.8. The largest absolute Gasteiger partial charge is 0.431 e. The van der Waals surface area contributed by atoms with Gasteiger partial charge in [-0.15, -0.1) is 0 Å². The van der Waals surface area contributed by atoms with E-state index in [-0.39, 0.29) is 11.4 Å². The molecule has 0 amide bonds. The lowest BCUT2D eigenvalue weighted by molar-refractivity contribution is -0.137. The van der Waals surface area contributed by atoms with Crippen LogP contribution in [0, 0.1) is 46.3 Å². The summed E-state index contributed by atoms with van der Waals surface area (Å²) in [6.07, 6.45) is 15.8. The van der Waals surface area contributed by atoms with Crippen molar-refractivity contribution in [2.75, 3.05) is 0 Å². The maximum absolute atomic E-state index is 11.6. The maximum atomic E-state index is 11.6. The van der Waals surface area contributed by atoms with Crippen molar-refractivity contribution in [3.8, 4) is 0 Å². The van der Waals surface area contributed by atoms with E-state index in [9.17, 15) is 4.79 Å². The standard InChI is InChI=1S/C30H48O2/c1-19(2)9-8-10-20(3)24-13-14-26-23-11-12-25-21(4)28(32-22(5)31)16-18-30(25,7)27(23)15-17-29(24,26)6/h12,19-20,23-24,26-27H,8-11,13-18H2,1-7H3/t20-,23-,24+,26-,27-,29+,30-/m0/s1. The third-order valence-corrected chi connectivity index (χ3v) is 10.6. The van der Waals surface area contributed by atoms with Crippen molar-refractivity contribution in [2.45, 2.75) is 113 Å². The highest BCUT2D eigenvalue weighted by Crippen LogP contribution is 2.67. The second kappa shape index (κ2) is 8.95. The summed E-state index contributed by atoms with van der Waals surface area (Å²) < 4.78 is 5.61. The minimum atomic E-state index is -0.176. The van der Waals surface area contributed by atoms with Gasteiger partial charge < -0.3 is 4.74 Å². The van der Waals surface area contributed by atoms with Gasteiger partial charge in [-0.3, -0.25) is 4.79 Å². The van der Waals surface area contributed by atoms with Gasteiger partial charge in [0.2, 0.25) is 0 Å². The van der Waals surface area contributed by atoms with Gasteiger partial charge in [0, 0.05) is 13.3 Å². The van der Waals surface area contributed by atoms with E-state index in [0.717, 1.165) is 54.1 Å². The molecular weight excluding hydrogens is 392 g/mol. The molecule has 0 aromatic rings. The van der Waals surface area contributed by atoms with Crippen LogP contribution >= 0.6 is 0 Å². The molecule has 0 bridgehead atoms. The first kappa shape index (κ1) is 24.1. The number of rotatable bonds is 6. The third kappa shape index (κ3) is 4.03. The molecule has 4 rings (SSSR count). The molecule has 0 aliphatic heterocycles. The van der Waals surface area contributed by atoms with Crippen LogP contribution in [-0.2, 0) is 9.53 Å². The number of hydrogen-bond acceptors (Lipinski definition) is 2. The molecule has 7 atom stereocenters. The fourth-order valence-electron chi connectivity index (χ4n) is 9.03. The Balaban J connectivity index is 1.53. The Bertz CT molecular complexity index is 789. The first-order valence-corrected chi connectivity index (χ1v) is 13.7. The molecule has 0 aromatic carbocycles. The van der Waals surface area contributed by atoms with Crippen molar-refractivity contribution in [2.24, 2.45) is 46.3 Å². The molecule has 0 spiro atoms. The van der Waals surface area contributed by atoms with E-state index in [0.29, 0.717) is 5.41 Å². The lowest BCUT2D eigenvalue weighted by Gasteiger charge is -2.58. The van der Waals surface area contributed by atoms with Crippen molar-refractivity contribution in [1.29, 1.82) is 0 Å². The zero-order valence-corrected chi connectivity index (χ0v) is 21.9. The normalized spacial score (nSPS) is 39.8. The SMILES string of the molecule is CC(=O)OC1=C(C)C2=CC[C@H]3[C@@H]4CC[C@H]([C@@H](C)CCCC(C)C)[C@@]4(C)CC[C@@H]3[C@@]2(C)CC1. The van der Waals surface area contributed by atoms with Crippen molar-refractivity contribution in [1.82, 2.24) is 0 Å². The predicted octanol–water partition coefficient (Wildman–Crippen LogP) is 8.47. The van der Waals surface area contributed by atoms with E-state index in [2.05, 4.69) is 47.6 Å². The molecule has 4 aliphatic carbocycles. The number of carbonyl (C=O) groups is 1. The van der Waals surface area contributed by atoms with Crippen molar-refractivity contribution < 1.29 is 9.53 Å². The van der Waals surface area contributed by atoms with E-state index in [4.69, 9.17) is 4.74 Å². The molecule has 0 unspecified atom stereocenters. The highest BCUT2D eigenvalue weighted by atomic mass is 16.5. The Labute approximate surface area is 197 Å². The molecular formula is C30H48O2. The Morgan fingerprint density at radius 2 is 1.84 bits per heavy atom. The first-order valence-electron chi connectivity index (χ1n) is 13.7. The van der Waals surface area contributed by atoms with Gasteiger partial charge >= 0.3 is 5.97 Å². The summed E-state index contributed by atoms with van der Waals surface area (Å²) in [5, 5.41) is 0. The number of carbonyl (C=O) groups excluding carboxylic acids is 1. The number of ether oxygens (including phenoxy) is 1. The lowest BCUT2D eigenvalue weighted by Crippen LogP contribution is -2.50. The van der Waals surface area contributed by atoms with Gasteiger partial charge in [-0.05, 0) is 103 Å². The van der Waals surface area contributed by atoms with E-state index in [1.54, 1.807) is 0 Å². The van der Waals surface area contributed by atoms with Gasteiger partial charge in [0.05, 0.1) is 0 Å². The quantitative estimate of drug-likeness (QED) is 0.387. The maximum Gasteiger partial charge on any atom is 0.307 e. The highest BCUT2D eigenvalue weighted by Gasteiger charge is 2.59. The molecule has 0 N–H and O–H groups in total. The Hall–Kier alpha value is -1.05. The fourth-order valence-corrected chi connectivity index (χ4v) is 9.03. The molecule has 2 fully saturated rings. The van der Waals surface area contributed by atoms with Crippen LogP contribution in [0.3, 0.4) is 0 Å². The summed E-state index contributed by atoms with van der Waals surface area (Å²) in [6, 6.07) is 0. The molecule has 180 valence electrons. The minimum absolute atomic E-state index is 0.176. The van der Waals surface area contributed by atoms with E-state index in [1.165, 1.54) is 69.4 Å². The summed E-state index contributed by atoms with van der Waals surface area (Å²) in [5.74, 6) is 5.92. The molecule has 0 saturated heterocycles. The highest BCUT2D eigenvalue weighted by molar-refractivity contribution is 5.68. The van der Waals surface area contributed by atoms with Crippen molar-refractivity contribution in [3.05, 3.63) is 23.0 Å². The summed E-state index contributed by atoms with van der Waals surface area (Å²) in [7, 11) is 0. The van der Waals surface area contributed by atoms with Crippen LogP contribution in [0.2, 0.25) is 0 Å². The summed E-state index contributed by atoms with van der Waals surface area (Å²) in [6.45, 7) is 16.2. The molecule has 0 heterocycles. The summed E-state index contributed by atoms with van der Waals surface area (Å²) in [5.41, 5.74) is 3.56. The summed E-state index contributed by atoms with van der Waals surface area (Å²) >= 11 is 0. The lowest BCUT2D eigenvalue weighted by atomic mass is 9.47. The van der Waals surface area contributed by atoms with Gasteiger partial charge in [0.15, 0.2) is 0 Å². The molecule has 2 saturated carbocycles. The van der Waals surface area contributed by atoms with Crippen molar-refractivity contribution >= 4 is 5.97 Å². The number of esters is 1. The molecule has 0 aromatic heterocycles. The van der Waals surface area contributed by atoms with Gasteiger partial charge in [-0.2, -0.15) is 0 Å². The third-order valence-electron chi connectivity index (χ3n) is 10.6. The monoisotopic (exact) mass is 440 g/mol. The smallest absolute Gasteiger partial charge is 0.307 e. The molecule has 2 heteroatoms. The predicted molar refractivity (Wildman–Crippen MR) is 133 cm³/mol. The average molecular weight is 441 g/mol. The van der Waals surface area contributed by atoms with Crippen LogP contribution in [0.4, 0.5) is 0 Å². The summed E-state index contributed by atoms with van der Waals surface area (Å²) in [4.78, 5) is 11.6. The van der Waals surface area contributed by atoms with Gasteiger partial charge in [0.1, 0.15) is 5.76 Å². The molecule has 4 aliphatic rings. The number of hydrogen-bond donors (Lipinski definition) is 0. The zero-order chi connectivity index (χ0) is 23.3. The van der Waals surface area contributed by atoms with Crippen LogP contribution in [0.25, 0.3) is 0 Å². The Kier molecular flexibility index (Phi) is 6.74. The first-order chi connectivity index (χ1) is 15.1. The topological polar surface area (TPSA) is 26.3 Å². The van der Waals surface area contributed by atoms with E-state index < -0.39 is 0 Å². The van der Waals surface area contributed by atoms with Crippen LogP contribution in [-0.4, -0.2) is 5.97 Å². The minimum Gasteiger partial charge on any atom is -0.431 e. The zero-order valence-electron chi connectivity index (χ0n) is 21.9. The fraction of sp³-hybridized carbons (Fsp3) is 0.833. The van der Waals surface area contributed by atoms with Crippen LogP contribution in [0.5, 0.6) is 0 Å². The van der Waals surface area contributed by atoms with E-state index in [1.807, 2.05) is 0 Å². The molecule has 0 radical (unpaired) electrons. The van der Waals surface area contributed by atoms with Gasteiger partial charge in [-0.25, -0.2) is 0 Å². The van der Waals surface area contributed by atoms with Gasteiger partial charge in [-0.1, -0.05) is 60.0 Å². The van der Waals surface area contributed by atoms with Crippen LogP contribution in [0.15, 0.2) is 23.0 Å². The Morgan fingerprint density at radius 1 is 1.09 bits per heavy atom. The van der Waals surface area contributed by atoms with Gasteiger partial charge in [0.25, 0.3) is 0 Å². The average Bonchev–Trinajstić information content (AvgIpc) is 3.07. The number of allylic oxidation sites excluding steroid dienone is 4. The Morgan fingerprint density at radius 3 is 2.53 bits per heavy atom. The van der Waals surface area contributed by atoms with Crippen LogP contribution in [0.1, 0.15) is 113 Å². The molecule has 32 heavy (non-hydrogen) atoms. The molecule has 2 nitrogen and oxygen atoms in total. The second-order valence-electron chi connectivity index (χ2n) is 12.8. The van der Waals surface area contributed by atoms with E-state index >= 15 is 0 Å². The number of fused-ring (bicyclic) bond motifs is 5. The van der Waals surface area contributed by atoms with Crippen LogP contribution < -0.4 is 0 Å². The van der Waals surface area contributed by atoms with Crippen molar-refractivity contribution in [3.63, 3.8) is 0 Å².